The standard InChI is InChI=1S/C8H16N2O2/c1-9-7-8(11)10-3-2-5-12-6-4-10/h9H,2-7H2,1H3. The molecular formula is C8H16N2O2. The molecule has 0 spiro atoms. The van der Waals surface area contributed by atoms with Gasteiger partial charge in [-0.1, -0.05) is 0 Å². The Balaban J connectivity index is 2.32. The van der Waals surface area contributed by atoms with E-state index in [1.54, 1.807) is 7.05 Å². The Hall–Kier alpha value is -0.610. The average molecular weight is 172 g/mol. The molecule has 1 N–H and O–H groups in total. The quantitative estimate of drug-likeness (QED) is 0.608. The van der Waals surface area contributed by atoms with E-state index in [0.717, 1.165) is 26.1 Å². The first kappa shape index (κ1) is 9.48. The molecule has 70 valence electrons. The Morgan fingerprint density at radius 3 is 3.08 bits per heavy atom. The van der Waals surface area contributed by atoms with Crippen molar-refractivity contribution in [3.63, 3.8) is 0 Å². The van der Waals surface area contributed by atoms with Crippen LogP contribution in [0, 0.1) is 0 Å². The summed E-state index contributed by atoms with van der Waals surface area (Å²) in [6.07, 6.45) is 0.954. The summed E-state index contributed by atoms with van der Waals surface area (Å²) in [7, 11) is 1.78. The normalized spacial score (nSPS) is 18.9. The van der Waals surface area contributed by atoms with E-state index < -0.39 is 0 Å². The maximum atomic E-state index is 11.4. The predicted octanol–water partition coefficient (Wildman–Crippen LogP) is -0.545. The van der Waals surface area contributed by atoms with E-state index >= 15 is 0 Å². The fourth-order valence-corrected chi connectivity index (χ4v) is 1.26. The molecule has 12 heavy (non-hydrogen) atoms. The highest BCUT2D eigenvalue weighted by molar-refractivity contribution is 5.78. The summed E-state index contributed by atoms with van der Waals surface area (Å²) >= 11 is 0. The highest BCUT2D eigenvalue weighted by Gasteiger charge is 2.13. The molecule has 0 aromatic carbocycles. The second-order valence-corrected chi connectivity index (χ2v) is 2.88. The van der Waals surface area contributed by atoms with Crippen molar-refractivity contribution in [2.75, 3.05) is 39.9 Å². The molecule has 4 nitrogen and oxygen atoms in total. The number of ether oxygens (including phenoxy) is 1. The minimum absolute atomic E-state index is 0.169. The summed E-state index contributed by atoms with van der Waals surface area (Å²) < 4.78 is 5.24. The van der Waals surface area contributed by atoms with Crippen LogP contribution in [0.5, 0.6) is 0 Å². The minimum Gasteiger partial charge on any atom is -0.380 e. The zero-order valence-corrected chi connectivity index (χ0v) is 7.51. The van der Waals surface area contributed by atoms with Crippen LogP contribution in [-0.2, 0) is 9.53 Å². The first-order valence-corrected chi connectivity index (χ1v) is 4.34. The van der Waals surface area contributed by atoms with E-state index in [1.165, 1.54) is 0 Å². The number of carbonyl (C=O) groups excluding carboxylic acids is 1. The van der Waals surface area contributed by atoms with E-state index in [0.29, 0.717) is 13.2 Å². The first-order valence-electron chi connectivity index (χ1n) is 4.34. The lowest BCUT2D eigenvalue weighted by atomic mass is 10.4. The molecule has 1 fully saturated rings. The lowest BCUT2D eigenvalue weighted by Crippen LogP contribution is -2.38. The monoisotopic (exact) mass is 172 g/mol. The van der Waals surface area contributed by atoms with Gasteiger partial charge in [0.25, 0.3) is 0 Å². The number of carbonyl (C=O) groups is 1. The molecule has 0 aliphatic carbocycles. The first-order chi connectivity index (χ1) is 5.84. The van der Waals surface area contributed by atoms with Gasteiger partial charge in [0.15, 0.2) is 0 Å². The Morgan fingerprint density at radius 2 is 2.33 bits per heavy atom. The maximum absolute atomic E-state index is 11.4. The lowest BCUT2D eigenvalue weighted by molar-refractivity contribution is -0.130. The summed E-state index contributed by atoms with van der Waals surface area (Å²) in [6.45, 7) is 3.46. The van der Waals surface area contributed by atoms with Crippen LogP contribution in [0.25, 0.3) is 0 Å². The minimum atomic E-state index is 0.169. The third kappa shape index (κ3) is 2.79. The highest BCUT2D eigenvalue weighted by atomic mass is 16.5. The third-order valence-corrected chi connectivity index (χ3v) is 1.90. The van der Waals surface area contributed by atoms with Crippen LogP contribution in [0.1, 0.15) is 6.42 Å². The molecule has 0 saturated carbocycles. The van der Waals surface area contributed by atoms with Crippen molar-refractivity contribution >= 4 is 5.91 Å². The van der Waals surface area contributed by atoms with Crippen LogP contribution < -0.4 is 5.32 Å². The number of hydrogen-bond donors (Lipinski definition) is 1. The van der Waals surface area contributed by atoms with Gasteiger partial charge in [-0.25, -0.2) is 0 Å². The summed E-state index contributed by atoms with van der Waals surface area (Å²) in [5.74, 6) is 0.169. The smallest absolute Gasteiger partial charge is 0.236 e. The number of nitrogens with zero attached hydrogens (tertiary/aromatic N) is 1. The molecule has 0 bridgehead atoms. The Morgan fingerprint density at radius 1 is 1.50 bits per heavy atom. The number of likely N-dealkylation sites (N-methyl/N-ethyl adjacent to an activating group) is 1. The van der Waals surface area contributed by atoms with Crippen LogP contribution in [-0.4, -0.2) is 50.7 Å². The van der Waals surface area contributed by atoms with Crippen LogP contribution in [0.3, 0.4) is 0 Å². The fraction of sp³-hybridized carbons (Fsp3) is 0.875. The molecule has 1 aliphatic heterocycles. The van der Waals surface area contributed by atoms with Gasteiger partial charge in [-0.2, -0.15) is 0 Å². The predicted molar refractivity (Wildman–Crippen MR) is 45.9 cm³/mol. The Labute approximate surface area is 72.9 Å². The zero-order chi connectivity index (χ0) is 8.81. The SMILES string of the molecule is CNCC(=O)N1CCCOCC1. The van der Waals surface area contributed by atoms with Crippen molar-refractivity contribution in [2.45, 2.75) is 6.42 Å². The lowest BCUT2D eigenvalue weighted by Gasteiger charge is -2.18. The summed E-state index contributed by atoms with van der Waals surface area (Å²) in [4.78, 5) is 13.2. The van der Waals surface area contributed by atoms with Crippen molar-refractivity contribution in [2.24, 2.45) is 0 Å². The summed E-state index contributed by atoms with van der Waals surface area (Å²) in [6, 6.07) is 0. The second-order valence-electron chi connectivity index (χ2n) is 2.88. The van der Waals surface area contributed by atoms with Crippen LogP contribution in [0.2, 0.25) is 0 Å². The van der Waals surface area contributed by atoms with E-state index in [4.69, 9.17) is 4.74 Å². The highest BCUT2D eigenvalue weighted by Crippen LogP contribution is 1.98. The molecule has 0 radical (unpaired) electrons. The molecule has 1 rings (SSSR count). The molecule has 0 unspecified atom stereocenters. The third-order valence-electron chi connectivity index (χ3n) is 1.90. The molecule has 0 atom stereocenters. The molecule has 1 amide bonds. The van der Waals surface area contributed by atoms with E-state index in [1.807, 2.05) is 4.90 Å². The van der Waals surface area contributed by atoms with Crippen LogP contribution in [0.4, 0.5) is 0 Å². The van der Waals surface area contributed by atoms with E-state index in [9.17, 15) is 4.79 Å². The van der Waals surface area contributed by atoms with Crippen LogP contribution in [0.15, 0.2) is 0 Å². The van der Waals surface area contributed by atoms with Crippen molar-refractivity contribution in [3.8, 4) is 0 Å². The molecule has 4 heteroatoms. The largest absolute Gasteiger partial charge is 0.380 e. The van der Waals surface area contributed by atoms with Gasteiger partial charge >= 0.3 is 0 Å². The maximum Gasteiger partial charge on any atom is 0.236 e. The van der Waals surface area contributed by atoms with Gasteiger partial charge < -0.3 is 15.0 Å². The molecule has 1 heterocycles. The Kier molecular flexibility index (Phi) is 4.04. The summed E-state index contributed by atoms with van der Waals surface area (Å²) in [5.41, 5.74) is 0. The van der Waals surface area contributed by atoms with Gasteiger partial charge in [0.05, 0.1) is 13.2 Å². The van der Waals surface area contributed by atoms with Crippen molar-refractivity contribution in [3.05, 3.63) is 0 Å². The van der Waals surface area contributed by atoms with Gasteiger partial charge in [-0.05, 0) is 13.5 Å². The van der Waals surface area contributed by atoms with E-state index in [-0.39, 0.29) is 5.91 Å². The fourth-order valence-electron chi connectivity index (χ4n) is 1.26. The molecule has 0 aromatic rings. The average Bonchev–Trinajstić information content (AvgIpc) is 2.32. The van der Waals surface area contributed by atoms with Crippen molar-refractivity contribution in [1.82, 2.24) is 10.2 Å². The topological polar surface area (TPSA) is 41.6 Å². The molecular weight excluding hydrogens is 156 g/mol. The molecule has 1 aliphatic rings. The van der Waals surface area contributed by atoms with Gasteiger partial charge in [0, 0.05) is 19.7 Å². The number of nitrogens with one attached hydrogen (secondary N) is 1. The van der Waals surface area contributed by atoms with Gasteiger partial charge in [0.2, 0.25) is 5.91 Å². The van der Waals surface area contributed by atoms with Crippen LogP contribution >= 0.6 is 0 Å². The number of hydrogen-bond acceptors (Lipinski definition) is 3. The van der Waals surface area contributed by atoms with Crippen molar-refractivity contribution in [1.29, 1.82) is 0 Å². The number of rotatable bonds is 2. The van der Waals surface area contributed by atoms with E-state index in [2.05, 4.69) is 5.32 Å². The van der Waals surface area contributed by atoms with Crippen molar-refractivity contribution < 1.29 is 9.53 Å². The second kappa shape index (κ2) is 5.11. The van der Waals surface area contributed by atoms with Gasteiger partial charge in [-0.15, -0.1) is 0 Å². The Bertz CT molecular complexity index is 142. The number of amides is 1. The molecule has 1 saturated heterocycles. The molecule has 0 aromatic heterocycles. The zero-order valence-electron chi connectivity index (χ0n) is 7.51. The van der Waals surface area contributed by atoms with Gasteiger partial charge in [-0.3, -0.25) is 4.79 Å². The van der Waals surface area contributed by atoms with Gasteiger partial charge in [0.1, 0.15) is 0 Å². The summed E-state index contributed by atoms with van der Waals surface area (Å²) in [5, 5.41) is 2.85.